The summed E-state index contributed by atoms with van der Waals surface area (Å²) in [5.74, 6) is 0.484. The molecule has 0 saturated carbocycles. The minimum Gasteiger partial charge on any atom is -0.493 e. The highest BCUT2D eigenvalue weighted by Crippen LogP contribution is 2.18. The highest BCUT2D eigenvalue weighted by atomic mass is 16.5. The Morgan fingerprint density at radius 3 is 2.88 bits per heavy atom. The Bertz CT molecular complexity index is 358. The highest BCUT2D eigenvalue weighted by molar-refractivity contribution is 5.71. The molecule has 1 aromatic carbocycles. The van der Waals surface area contributed by atoms with Gasteiger partial charge in [0.1, 0.15) is 12.4 Å². The lowest BCUT2D eigenvalue weighted by Crippen LogP contribution is -2.04. The van der Waals surface area contributed by atoms with Crippen LogP contribution in [0.1, 0.15) is 18.9 Å². The Morgan fingerprint density at radius 1 is 1.44 bits per heavy atom. The number of hydrogen-bond acceptors (Lipinski definition) is 3. The van der Waals surface area contributed by atoms with Gasteiger partial charge >= 0.3 is 5.97 Å². The van der Waals surface area contributed by atoms with Crippen LogP contribution in [0.15, 0.2) is 36.9 Å². The zero-order valence-corrected chi connectivity index (χ0v) is 9.44. The summed E-state index contributed by atoms with van der Waals surface area (Å²) in [4.78, 5) is 11.2. The van der Waals surface area contributed by atoms with Gasteiger partial charge in [-0.15, -0.1) is 6.58 Å². The van der Waals surface area contributed by atoms with Gasteiger partial charge in [0, 0.05) is 5.56 Å². The number of para-hydroxylation sites is 1. The molecule has 0 aliphatic rings. The number of benzene rings is 1. The van der Waals surface area contributed by atoms with Crippen molar-refractivity contribution in [2.24, 2.45) is 0 Å². The number of esters is 1. The molecule has 0 aromatic heterocycles. The first-order valence-electron chi connectivity index (χ1n) is 5.25. The summed E-state index contributed by atoms with van der Waals surface area (Å²) in [7, 11) is 0. The Kier molecular flexibility index (Phi) is 5.12. The molecular weight excluding hydrogens is 204 g/mol. The van der Waals surface area contributed by atoms with E-state index in [9.17, 15) is 4.79 Å². The van der Waals surface area contributed by atoms with Crippen LogP contribution in [0.2, 0.25) is 0 Å². The van der Waals surface area contributed by atoms with Gasteiger partial charge in [0.05, 0.1) is 13.0 Å². The van der Waals surface area contributed by atoms with Crippen molar-refractivity contribution in [3.63, 3.8) is 0 Å². The fraction of sp³-hybridized carbons (Fsp3) is 0.308. The van der Waals surface area contributed by atoms with Gasteiger partial charge in [0.15, 0.2) is 0 Å². The molecule has 0 spiro atoms. The van der Waals surface area contributed by atoms with Crippen molar-refractivity contribution in [2.45, 2.75) is 20.0 Å². The van der Waals surface area contributed by atoms with E-state index >= 15 is 0 Å². The van der Waals surface area contributed by atoms with Crippen LogP contribution in [0.5, 0.6) is 5.75 Å². The number of carbonyl (C=O) groups is 1. The van der Waals surface area contributed by atoms with E-state index < -0.39 is 0 Å². The van der Waals surface area contributed by atoms with Crippen molar-refractivity contribution >= 4 is 5.97 Å². The third kappa shape index (κ3) is 3.77. The van der Waals surface area contributed by atoms with Crippen molar-refractivity contribution < 1.29 is 14.3 Å². The Balaban J connectivity index is 2.58. The van der Waals surface area contributed by atoms with Crippen LogP contribution in [-0.4, -0.2) is 12.6 Å². The van der Waals surface area contributed by atoms with E-state index in [4.69, 9.17) is 9.47 Å². The van der Waals surface area contributed by atoms with Gasteiger partial charge in [-0.3, -0.25) is 4.79 Å². The predicted octanol–water partition coefficient (Wildman–Crippen LogP) is 2.70. The van der Waals surface area contributed by atoms with E-state index in [0.717, 1.165) is 11.3 Å². The zero-order valence-electron chi connectivity index (χ0n) is 9.44. The first kappa shape index (κ1) is 12.3. The van der Waals surface area contributed by atoms with E-state index in [1.807, 2.05) is 31.2 Å². The van der Waals surface area contributed by atoms with E-state index in [0.29, 0.717) is 6.61 Å². The number of carbonyl (C=O) groups excluding carboxylic acids is 1. The van der Waals surface area contributed by atoms with Crippen LogP contribution >= 0.6 is 0 Å². The van der Waals surface area contributed by atoms with Gasteiger partial charge in [-0.1, -0.05) is 24.3 Å². The lowest BCUT2D eigenvalue weighted by Gasteiger charge is -2.09. The monoisotopic (exact) mass is 220 g/mol. The molecule has 0 radical (unpaired) electrons. The zero-order chi connectivity index (χ0) is 11.8. The van der Waals surface area contributed by atoms with Gasteiger partial charge in [-0.2, -0.15) is 0 Å². The van der Waals surface area contributed by atoms with Gasteiger partial charge in [-0.05, 0) is 13.0 Å². The smallest absolute Gasteiger partial charge is 0.309 e. The summed E-state index contributed by atoms with van der Waals surface area (Å²) in [6.45, 7) is 6.23. The number of hydrogen-bond donors (Lipinski definition) is 0. The van der Waals surface area contributed by atoms with Crippen LogP contribution in [0.4, 0.5) is 0 Å². The average Bonchev–Trinajstić information content (AvgIpc) is 2.29. The fourth-order valence-corrected chi connectivity index (χ4v) is 1.25. The lowest BCUT2D eigenvalue weighted by molar-refractivity contribution is -0.143. The molecule has 0 saturated heterocycles. The summed E-state index contributed by atoms with van der Waals surface area (Å²) >= 11 is 0. The van der Waals surface area contributed by atoms with Gasteiger partial charge in [0.25, 0.3) is 0 Å². The first-order valence-corrected chi connectivity index (χ1v) is 5.25. The molecule has 0 heterocycles. The Labute approximate surface area is 95.7 Å². The van der Waals surface area contributed by atoms with Crippen LogP contribution in [0, 0.1) is 0 Å². The van der Waals surface area contributed by atoms with Crippen LogP contribution in [-0.2, 0) is 16.1 Å². The molecular formula is C13H16O3. The maximum atomic E-state index is 11.2. The second kappa shape index (κ2) is 6.67. The third-order valence-electron chi connectivity index (χ3n) is 1.97. The van der Waals surface area contributed by atoms with Crippen molar-refractivity contribution in [1.29, 1.82) is 0 Å². The van der Waals surface area contributed by atoms with Gasteiger partial charge < -0.3 is 9.47 Å². The Morgan fingerprint density at radius 2 is 2.19 bits per heavy atom. The van der Waals surface area contributed by atoms with Crippen molar-refractivity contribution in [3.8, 4) is 5.75 Å². The molecule has 0 amide bonds. The maximum Gasteiger partial charge on any atom is 0.309 e. The summed E-state index contributed by atoms with van der Waals surface area (Å²) in [6.07, 6.45) is 1.76. The molecule has 0 atom stereocenters. The van der Waals surface area contributed by atoms with Crippen LogP contribution in [0.3, 0.4) is 0 Å². The molecule has 3 heteroatoms. The van der Waals surface area contributed by atoms with Crippen LogP contribution in [0.25, 0.3) is 0 Å². The van der Waals surface area contributed by atoms with E-state index in [-0.39, 0.29) is 19.0 Å². The topological polar surface area (TPSA) is 35.5 Å². The summed E-state index contributed by atoms with van der Waals surface area (Å²) in [6, 6.07) is 7.52. The first-order chi connectivity index (χ1) is 7.77. The number of ether oxygens (including phenoxy) is 2. The normalized spacial score (nSPS) is 9.56. The van der Waals surface area contributed by atoms with E-state index in [2.05, 4.69) is 6.58 Å². The molecule has 1 rings (SSSR count). The van der Waals surface area contributed by atoms with E-state index in [1.54, 1.807) is 0 Å². The molecule has 3 nitrogen and oxygen atoms in total. The maximum absolute atomic E-state index is 11.2. The third-order valence-corrected chi connectivity index (χ3v) is 1.97. The summed E-state index contributed by atoms with van der Waals surface area (Å²) in [5.41, 5.74) is 0.877. The second-order valence-corrected chi connectivity index (χ2v) is 3.19. The van der Waals surface area contributed by atoms with Crippen LogP contribution < -0.4 is 4.74 Å². The average molecular weight is 220 g/mol. The summed E-state index contributed by atoms with van der Waals surface area (Å²) < 4.78 is 10.5. The minimum atomic E-state index is -0.277. The molecule has 86 valence electrons. The SMILES string of the molecule is C=CCC(=O)OCc1ccccc1OCC. The van der Waals surface area contributed by atoms with Crippen molar-refractivity contribution in [1.82, 2.24) is 0 Å². The highest BCUT2D eigenvalue weighted by Gasteiger charge is 2.05. The molecule has 0 unspecified atom stereocenters. The van der Waals surface area contributed by atoms with Crippen molar-refractivity contribution in [3.05, 3.63) is 42.5 Å². The largest absolute Gasteiger partial charge is 0.493 e. The molecule has 0 aliphatic carbocycles. The van der Waals surface area contributed by atoms with E-state index in [1.165, 1.54) is 6.08 Å². The molecule has 1 aromatic rings. The lowest BCUT2D eigenvalue weighted by atomic mass is 10.2. The quantitative estimate of drug-likeness (QED) is 0.546. The van der Waals surface area contributed by atoms with Crippen molar-refractivity contribution in [2.75, 3.05) is 6.61 Å². The number of rotatable bonds is 6. The molecule has 0 N–H and O–H groups in total. The van der Waals surface area contributed by atoms with Gasteiger partial charge in [-0.25, -0.2) is 0 Å². The molecule has 0 bridgehead atoms. The predicted molar refractivity (Wildman–Crippen MR) is 62.2 cm³/mol. The fourth-order valence-electron chi connectivity index (χ4n) is 1.25. The molecule has 0 aliphatic heterocycles. The molecule has 0 fully saturated rings. The Hall–Kier alpha value is -1.77. The minimum absolute atomic E-state index is 0.233. The standard InChI is InChI=1S/C13H16O3/c1-3-7-13(14)16-10-11-8-5-6-9-12(11)15-4-2/h3,5-6,8-9H,1,4,7,10H2,2H3. The summed E-state index contributed by atoms with van der Waals surface area (Å²) in [5, 5.41) is 0. The van der Waals surface area contributed by atoms with Gasteiger partial charge in [0.2, 0.25) is 0 Å². The second-order valence-electron chi connectivity index (χ2n) is 3.19. The molecule has 16 heavy (non-hydrogen) atoms.